The molecule has 0 spiro atoms. The number of nitrogens with zero attached hydrogens (tertiary/aromatic N) is 2. The molecule has 0 atom stereocenters. The first-order valence-electron chi connectivity index (χ1n) is 10.0. The van der Waals surface area contributed by atoms with Crippen molar-refractivity contribution in [2.24, 2.45) is 5.10 Å². The van der Waals surface area contributed by atoms with Gasteiger partial charge in [0.05, 0.1) is 36.1 Å². The molecule has 1 fully saturated rings. The zero-order chi connectivity index (χ0) is 22.9. The molecule has 0 aliphatic carbocycles. The molecule has 1 heterocycles. The largest absolute Gasteiger partial charge is 0.490 e. The minimum absolute atomic E-state index is 0.0901. The van der Waals surface area contributed by atoms with Gasteiger partial charge in [0.25, 0.3) is 11.8 Å². The normalized spacial score (nSPS) is 13.8. The highest BCUT2D eigenvalue weighted by atomic mass is 35.5. The summed E-state index contributed by atoms with van der Waals surface area (Å²) < 4.78 is 16.6. The van der Waals surface area contributed by atoms with Crippen molar-refractivity contribution in [1.29, 1.82) is 0 Å². The van der Waals surface area contributed by atoms with Gasteiger partial charge in [-0.1, -0.05) is 23.2 Å². The molecule has 3 rings (SSSR count). The Hall–Kier alpha value is -2.81. The number of rotatable bonds is 8. The second-order valence-electron chi connectivity index (χ2n) is 6.75. The lowest BCUT2D eigenvalue weighted by Crippen LogP contribution is -2.43. The van der Waals surface area contributed by atoms with Crippen LogP contribution in [0.25, 0.3) is 0 Å². The predicted molar refractivity (Wildman–Crippen MR) is 122 cm³/mol. The van der Waals surface area contributed by atoms with Gasteiger partial charge < -0.3 is 19.1 Å². The monoisotopic (exact) mass is 479 g/mol. The third kappa shape index (κ3) is 6.59. The van der Waals surface area contributed by atoms with Crippen LogP contribution in [0, 0.1) is 0 Å². The summed E-state index contributed by atoms with van der Waals surface area (Å²) in [6, 6.07) is 9.71. The summed E-state index contributed by atoms with van der Waals surface area (Å²) in [5.41, 5.74) is 3.44. The van der Waals surface area contributed by atoms with Crippen LogP contribution in [0.4, 0.5) is 0 Å². The van der Waals surface area contributed by atoms with Crippen LogP contribution in [0.5, 0.6) is 11.5 Å². The van der Waals surface area contributed by atoms with Crippen LogP contribution >= 0.6 is 23.2 Å². The number of nitrogens with one attached hydrogen (secondary N) is 1. The molecular weight excluding hydrogens is 457 g/mol. The fourth-order valence-electron chi connectivity index (χ4n) is 2.90. The number of hydrogen-bond donors (Lipinski definition) is 1. The number of halogens is 2. The highest BCUT2D eigenvalue weighted by Crippen LogP contribution is 2.28. The lowest BCUT2D eigenvalue weighted by molar-refractivity contribution is -0.137. The van der Waals surface area contributed by atoms with Crippen molar-refractivity contribution < 1.29 is 23.8 Å². The van der Waals surface area contributed by atoms with E-state index in [1.165, 1.54) is 12.3 Å². The fourth-order valence-corrected chi connectivity index (χ4v) is 3.20. The van der Waals surface area contributed by atoms with Crippen molar-refractivity contribution in [3.05, 3.63) is 57.6 Å². The third-order valence-electron chi connectivity index (χ3n) is 4.54. The van der Waals surface area contributed by atoms with Crippen molar-refractivity contribution in [3.63, 3.8) is 0 Å². The second-order valence-corrected chi connectivity index (χ2v) is 7.56. The van der Waals surface area contributed by atoms with Crippen molar-refractivity contribution in [3.8, 4) is 11.5 Å². The van der Waals surface area contributed by atoms with E-state index < -0.39 is 5.91 Å². The molecule has 32 heavy (non-hydrogen) atoms. The van der Waals surface area contributed by atoms with Crippen LogP contribution in [-0.4, -0.2) is 62.4 Å². The molecule has 0 aromatic heterocycles. The lowest BCUT2D eigenvalue weighted by atomic mass is 10.2. The molecule has 1 saturated heterocycles. The lowest BCUT2D eigenvalue weighted by Gasteiger charge is -2.26. The van der Waals surface area contributed by atoms with Gasteiger partial charge in [-0.05, 0) is 48.9 Å². The van der Waals surface area contributed by atoms with Crippen LogP contribution in [0.3, 0.4) is 0 Å². The van der Waals surface area contributed by atoms with Gasteiger partial charge in [-0.15, -0.1) is 0 Å². The van der Waals surface area contributed by atoms with E-state index in [4.69, 9.17) is 37.4 Å². The van der Waals surface area contributed by atoms with Gasteiger partial charge in [0.15, 0.2) is 18.1 Å². The number of hydrogen-bond acceptors (Lipinski definition) is 6. The van der Waals surface area contributed by atoms with Crippen LogP contribution in [0.2, 0.25) is 10.0 Å². The standard InChI is InChI=1S/C22H23Cl2N3O5/c1-2-31-20-11-15(13-25-26-22(29)16-4-5-17(23)18(24)12-16)3-6-19(20)32-14-21(28)27-7-9-30-10-8-27/h3-6,11-13H,2,7-10,14H2,1H3,(H,26,29)/b25-13-. The Balaban J connectivity index is 1.60. The molecule has 1 N–H and O–H groups in total. The molecule has 1 aliphatic heterocycles. The molecule has 0 bridgehead atoms. The summed E-state index contributed by atoms with van der Waals surface area (Å²) >= 11 is 11.8. The van der Waals surface area contributed by atoms with Crippen LogP contribution in [-0.2, 0) is 9.53 Å². The van der Waals surface area contributed by atoms with Gasteiger partial charge in [-0.25, -0.2) is 5.43 Å². The molecule has 1 aliphatic rings. The molecule has 8 nitrogen and oxygen atoms in total. The Labute approximate surface area is 196 Å². The van der Waals surface area contributed by atoms with Crippen LogP contribution in [0.15, 0.2) is 41.5 Å². The number of benzene rings is 2. The smallest absolute Gasteiger partial charge is 0.271 e. The molecule has 0 radical (unpaired) electrons. The number of ether oxygens (including phenoxy) is 3. The highest BCUT2D eigenvalue weighted by molar-refractivity contribution is 6.42. The van der Waals surface area contributed by atoms with Crippen molar-refractivity contribution >= 4 is 41.2 Å². The average molecular weight is 480 g/mol. The van der Waals surface area contributed by atoms with E-state index in [1.54, 1.807) is 35.2 Å². The fraction of sp³-hybridized carbons (Fsp3) is 0.318. The summed E-state index contributed by atoms with van der Waals surface area (Å²) in [6.45, 7) is 4.36. The maximum atomic E-state index is 12.3. The molecule has 170 valence electrons. The van der Waals surface area contributed by atoms with Gasteiger partial charge in [0.1, 0.15) is 0 Å². The van der Waals surface area contributed by atoms with Crippen LogP contribution < -0.4 is 14.9 Å². The summed E-state index contributed by atoms with van der Waals surface area (Å²) in [4.78, 5) is 26.2. The van der Waals surface area contributed by atoms with Gasteiger partial charge >= 0.3 is 0 Å². The minimum Gasteiger partial charge on any atom is -0.490 e. The van der Waals surface area contributed by atoms with E-state index in [1.807, 2.05) is 6.92 Å². The van der Waals surface area contributed by atoms with Crippen molar-refractivity contribution in [1.82, 2.24) is 10.3 Å². The van der Waals surface area contributed by atoms with Crippen molar-refractivity contribution in [2.75, 3.05) is 39.5 Å². The Bertz CT molecular complexity index is 994. The van der Waals surface area contributed by atoms with Crippen molar-refractivity contribution in [2.45, 2.75) is 6.92 Å². The second kappa shape index (κ2) is 11.7. The SMILES string of the molecule is CCOc1cc(/C=N\NC(=O)c2ccc(Cl)c(Cl)c2)ccc1OCC(=O)N1CCOCC1. The van der Waals surface area contributed by atoms with E-state index in [0.717, 1.165) is 0 Å². The van der Waals surface area contributed by atoms with E-state index in [0.29, 0.717) is 60.6 Å². The van der Waals surface area contributed by atoms with Crippen LogP contribution in [0.1, 0.15) is 22.8 Å². The first-order valence-corrected chi connectivity index (χ1v) is 10.8. The Morgan fingerprint density at radius 2 is 1.88 bits per heavy atom. The summed E-state index contributed by atoms with van der Waals surface area (Å²) in [6.07, 6.45) is 1.47. The number of amides is 2. The number of hydrazone groups is 1. The first kappa shape index (κ1) is 23.8. The molecule has 10 heteroatoms. The Kier molecular flexibility index (Phi) is 8.72. The number of carbonyl (C=O) groups is 2. The highest BCUT2D eigenvalue weighted by Gasteiger charge is 2.18. The summed E-state index contributed by atoms with van der Waals surface area (Å²) in [7, 11) is 0. The van der Waals surface area contributed by atoms with Gasteiger partial charge in [0.2, 0.25) is 0 Å². The molecule has 0 saturated carbocycles. The minimum atomic E-state index is -0.425. The molecular formula is C22H23Cl2N3O5. The number of morpholine rings is 1. The maximum absolute atomic E-state index is 12.3. The molecule has 2 aromatic rings. The van der Waals surface area contributed by atoms with Gasteiger partial charge in [-0.3, -0.25) is 9.59 Å². The Morgan fingerprint density at radius 1 is 1.09 bits per heavy atom. The first-order chi connectivity index (χ1) is 15.5. The quantitative estimate of drug-likeness (QED) is 0.462. The average Bonchev–Trinajstić information content (AvgIpc) is 2.80. The van der Waals surface area contributed by atoms with Gasteiger partial charge in [-0.2, -0.15) is 5.10 Å². The summed E-state index contributed by atoms with van der Waals surface area (Å²) in [5.74, 6) is 0.394. The molecule has 0 unspecified atom stereocenters. The van der Waals surface area contributed by atoms with E-state index in [9.17, 15) is 9.59 Å². The maximum Gasteiger partial charge on any atom is 0.271 e. The predicted octanol–water partition coefficient (Wildman–Crippen LogP) is 3.39. The van der Waals surface area contributed by atoms with E-state index >= 15 is 0 Å². The van der Waals surface area contributed by atoms with Gasteiger partial charge in [0, 0.05) is 18.7 Å². The zero-order valence-corrected chi connectivity index (χ0v) is 19.0. The zero-order valence-electron chi connectivity index (χ0n) is 17.5. The number of carbonyl (C=O) groups excluding carboxylic acids is 2. The van der Waals surface area contributed by atoms with E-state index in [2.05, 4.69) is 10.5 Å². The molecule has 2 amide bonds. The summed E-state index contributed by atoms with van der Waals surface area (Å²) in [5, 5.41) is 4.62. The molecule has 2 aromatic carbocycles. The van der Waals surface area contributed by atoms with E-state index in [-0.39, 0.29) is 17.5 Å². The topological polar surface area (TPSA) is 89.5 Å². The third-order valence-corrected chi connectivity index (χ3v) is 5.28. The Morgan fingerprint density at radius 3 is 2.59 bits per heavy atom.